The molecule has 22 heavy (non-hydrogen) atoms. The van der Waals surface area contributed by atoms with Crippen LogP contribution in [0, 0.1) is 24.7 Å². The van der Waals surface area contributed by atoms with Gasteiger partial charge in [-0.3, -0.25) is 0 Å². The summed E-state index contributed by atoms with van der Waals surface area (Å²) in [5.74, 6) is 0. The van der Waals surface area contributed by atoms with E-state index in [1.807, 2.05) is 0 Å². The first kappa shape index (κ1) is 15.8. The Morgan fingerprint density at radius 2 is 0.818 bits per heavy atom. The van der Waals surface area contributed by atoms with Crippen molar-refractivity contribution < 1.29 is 0 Å². The third-order valence-corrected chi connectivity index (χ3v) is 8.75. The molecule has 3 aliphatic rings. The normalized spacial score (nSPS) is 34.8. The molecular weight excluding hydrogens is 264 g/mol. The first-order chi connectivity index (χ1) is 9.86. The zero-order valence-corrected chi connectivity index (χ0v) is 16.2. The molecule has 0 radical (unpaired) electrons. The quantitative estimate of drug-likeness (QED) is 0.497. The van der Waals surface area contributed by atoms with Crippen LogP contribution in [0.3, 0.4) is 0 Å². The van der Waals surface area contributed by atoms with Gasteiger partial charge in [-0.25, -0.2) is 0 Å². The largest absolute Gasteiger partial charge is 0.0626 e. The van der Waals surface area contributed by atoms with E-state index in [0.717, 1.165) is 0 Å². The molecule has 0 spiro atoms. The molecule has 2 unspecified atom stereocenters. The van der Waals surface area contributed by atoms with Gasteiger partial charge in [-0.15, -0.1) is 0 Å². The van der Waals surface area contributed by atoms with E-state index in [9.17, 15) is 0 Å². The van der Waals surface area contributed by atoms with Crippen molar-refractivity contribution in [2.75, 3.05) is 0 Å². The standard InChI is InChI=1S/C22H32/c1-13-11-12-14(2)18-17(13)21(9)15(3)16(4)22(18,10)20(7,8)19(21,5)6/h11-12H,1-10H3. The fourth-order valence-electron chi connectivity index (χ4n) is 6.04. The number of hydrogen-bond acceptors (Lipinski definition) is 0. The number of rotatable bonds is 0. The highest BCUT2D eigenvalue weighted by molar-refractivity contribution is 5.65. The molecule has 0 fully saturated rings. The maximum absolute atomic E-state index is 2.50. The van der Waals surface area contributed by atoms with Crippen molar-refractivity contribution in [2.45, 2.75) is 80.1 Å². The fourth-order valence-corrected chi connectivity index (χ4v) is 6.04. The summed E-state index contributed by atoms with van der Waals surface area (Å²) in [4.78, 5) is 0. The van der Waals surface area contributed by atoms with Crippen molar-refractivity contribution >= 4 is 0 Å². The lowest BCUT2D eigenvalue weighted by Gasteiger charge is -2.71. The number of fused-ring (bicyclic) bond motifs is 1. The van der Waals surface area contributed by atoms with Crippen LogP contribution in [0.15, 0.2) is 23.3 Å². The predicted molar refractivity (Wildman–Crippen MR) is 96.6 cm³/mol. The second kappa shape index (κ2) is 3.89. The molecule has 0 saturated carbocycles. The van der Waals surface area contributed by atoms with E-state index in [4.69, 9.17) is 0 Å². The van der Waals surface area contributed by atoms with Gasteiger partial charge >= 0.3 is 0 Å². The highest BCUT2D eigenvalue weighted by Gasteiger charge is 2.69. The van der Waals surface area contributed by atoms with E-state index < -0.39 is 0 Å². The van der Waals surface area contributed by atoms with Gasteiger partial charge in [-0.05, 0) is 60.8 Å². The lowest BCUT2D eigenvalue weighted by Crippen LogP contribution is -2.66. The highest BCUT2D eigenvalue weighted by Crippen LogP contribution is 2.74. The molecular formula is C22H32. The summed E-state index contributed by atoms with van der Waals surface area (Å²) >= 11 is 0. The zero-order chi connectivity index (χ0) is 16.9. The van der Waals surface area contributed by atoms with Crippen molar-refractivity contribution in [2.24, 2.45) is 10.8 Å². The van der Waals surface area contributed by atoms with Gasteiger partial charge in [0, 0.05) is 10.8 Å². The van der Waals surface area contributed by atoms with E-state index in [1.165, 1.54) is 11.1 Å². The topological polar surface area (TPSA) is 0 Å². The summed E-state index contributed by atoms with van der Waals surface area (Å²) in [6.07, 6.45) is 0. The van der Waals surface area contributed by atoms with Gasteiger partial charge in [0.25, 0.3) is 0 Å². The van der Waals surface area contributed by atoms with E-state index >= 15 is 0 Å². The number of allylic oxidation sites excluding steroid dienone is 2. The Bertz CT molecular complexity index is 653. The monoisotopic (exact) mass is 296 g/mol. The summed E-state index contributed by atoms with van der Waals surface area (Å²) in [6, 6.07) is 4.66. The van der Waals surface area contributed by atoms with Gasteiger partial charge in [0.05, 0.1) is 0 Å². The number of benzene rings is 1. The SMILES string of the molecule is CC1=C(C)C2(C)c3c(C)ccc(C)c3C1(C)C(C)(C)C2(C)C. The molecule has 0 aliphatic heterocycles. The van der Waals surface area contributed by atoms with Crippen LogP contribution in [-0.4, -0.2) is 0 Å². The molecule has 0 heterocycles. The van der Waals surface area contributed by atoms with Crippen LogP contribution in [0.5, 0.6) is 0 Å². The third kappa shape index (κ3) is 1.21. The first-order valence-electron chi connectivity index (χ1n) is 8.66. The van der Waals surface area contributed by atoms with Gasteiger partial charge < -0.3 is 0 Å². The smallest absolute Gasteiger partial charge is 0.0196 e. The van der Waals surface area contributed by atoms with Crippen LogP contribution in [-0.2, 0) is 10.8 Å². The Hall–Kier alpha value is -1.04. The van der Waals surface area contributed by atoms with Crippen molar-refractivity contribution in [3.05, 3.63) is 45.5 Å². The molecule has 1 aromatic carbocycles. The second-order valence-electron chi connectivity index (χ2n) is 9.20. The minimum Gasteiger partial charge on any atom is -0.0626 e. The van der Waals surface area contributed by atoms with E-state index in [-0.39, 0.29) is 21.7 Å². The number of hydrogen-bond donors (Lipinski definition) is 0. The molecule has 0 nitrogen and oxygen atoms in total. The molecule has 0 amide bonds. The summed E-state index contributed by atoms with van der Waals surface area (Å²) in [7, 11) is 0. The van der Waals surface area contributed by atoms with Crippen LogP contribution in [0.25, 0.3) is 0 Å². The maximum Gasteiger partial charge on any atom is 0.0196 e. The average molecular weight is 296 g/mol. The van der Waals surface area contributed by atoms with Crippen LogP contribution < -0.4 is 0 Å². The Morgan fingerprint density at radius 3 is 1.09 bits per heavy atom. The minimum absolute atomic E-state index is 0.115. The van der Waals surface area contributed by atoms with E-state index in [1.54, 1.807) is 22.3 Å². The first-order valence-corrected chi connectivity index (χ1v) is 8.66. The van der Waals surface area contributed by atoms with Crippen LogP contribution in [0.1, 0.15) is 77.6 Å². The van der Waals surface area contributed by atoms with Crippen molar-refractivity contribution in [3.8, 4) is 0 Å². The van der Waals surface area contributed by atoms with Crippen molar-refractivity contribution in [3.63, 3.8) is 0 Å². The van der Waals surface area contributed by atoms with Gasteiger partial charge in [0.15, 0.2) is 0 Å². The highest BCUT2D eigenvalue weighted by atomic mass is 14.7. The average Bonchev–Trinajstić information content (AvgIpc) is 2.43. The molecule has 1 aromatic rings. The molecule has 2 bridgehead atoms. The zero-order valence-electron chi connectivity index (χ0n) is 16.2. The molecule has 4 rings (SSSR count). The molecule has 0 N–H and O–H groups in total. The second-order valence-corrected chi connectivity index (χ2v) is 9.20. The lowest BCUT2D eigenvalue weighted by atomic mass is 9.32. The fraction of sp³-hybridized carbons (Fsp3) is 0.636. The Balaban J connectivity index is 2.64. The van der Waals surface area contributed by atoms with Crippen molar-refractivity contribution in [1.29, 1.82) is 0 Å². The van der Waals surface area contributed by atoms with Crippen molar-refractivity contribution in [1.82, 2.24) is 0 Å². The van der Waals surface area contributed by atoms with E-state index in [0.29, 0.717) is 0 Å². The van der Waals surface area contributed by atoms with Gasteiger partial charge in [-0.1, -0.05) is 64.8 Å². The number of aryl methyl sites for hydroxylation is 2. The molecule has 0 aromatic heterocycles. The van der Waals surface area contributed by atoms with Gasteiger partial charge in [0.1, 0.15) is 0 Å². The Kier molecular flexibility index (Phi) is 2.80. The Labute approximate surface area is 137 Å². The molecule has 2 atom stereocenters. The van der Waals surface area contributed by atoms with Gasteiger partial charge in [0.2, 0.25) is 0 Å². The predicted octanol–water partition coefficient (Wildman–Crippen LogP) is 6.23. The summed E-state index contributed by atoms with van der Waals surface area (Å²) in [5, 5.41) is 0. The van der Waals surface area contributed by atoms with E-state index in [2.05, 4.69) is 81.4 Å². The lowest BCUT2D eigenvalue weighted by molar-refractivity contribution is -0.0481. The molecule has 0 saturated heterocycles. The van der Waals surface area contributed by atoms with Crippen LogP contribution in [0.2, 0.25) is 0 Å². The Morgan fingerprint density at radius 1 is 0.545 bits per heavy atom. The minimum atomic E-state index is 0.115. The summed E-state index contributed by atoms with van der Waals surface area (Å²) in [5.41, 5.74) is 10.0. The summed E-state index contributed by atoms with van der Waals surface area (Å²) in [6.45, 7) is 24.3. The van der Waals surface area contributed by atoms with Crippen LogP contribution >= 0.6 is 0 Å². The molecule has 120 valence electrons. The molecule has 0 heteroatoms. The molecule has 3 aliphatic carbocycles. The maximum atomic E-state index is 2.50. The third-order valence-electron chi connectivity index (χ3n) is 8.75. The van der Waals surface area contributed by atoms with Gasteiger partial charge in [-0.2, -0.15) is 0 Å². The van der Waals surface area contributed by atoms with Crippen LogP contribution in [0.4, 0.5) is 0 Å². The summed E-state index contributed by atoms with van der Waals surface area (Å²) < 4.78 is 0.